The molecule has 1 aliphatic heterocycles. The van der Waals surface area contributed by atoms with Gasteiger partial charge in [-0.2, -0.15) is 13.2 Å². The fourth-order valence-corrected chi connectivity index (χ4v) is 5.10. The number of anilines is 1. The third-order valence-electron chi connectivity index (χ3n) is 6.19. The highest BCUT2D eigenvalue weighted by atomic mass is 79.9. The first-order chi connectivity index (χ1) is 14.7. The van der Waals surface area contributed by atoms with Crippen molar-refractivity contribution in [2.75, 3.05) is 25.0 Å². The molecule has 0 aromatic heterocycles. The van der Waals surface area contributed by atoms with Crippen molar-refractivity contribution in [3.8, 4) is 0 Å². The summed E-state index contributed by atoms with van der Waals surface area (Å²) >= 11 is 2.91. The standard InChI is InChI=1S/C21H29BrF3N3O3/c1-2-11-31-16-5-3-15(4-6-16)27-9-7-14(8-10-27)26-19-13-18(22)17(21(23,24)25)12-20(19)28(29)30/h12-16,26H,2-11H2,1H3/t15-,16+. The van der Waals surface area contributed by atoms with E-state index in [4.69, 9.17) is 4.74 Å². The van der Waals surface area contributed by atoms with Crippen molar-refractivity contribution in [1.29, 1.82) is 0 Å². The number of likely N-dealkylation sites (tertiary alicyclic amines) is 1. The van der Waals surface area contributed by atoms with Crippen LogP contribution < -0.4 is 5.32 Å². The number of rotatable bonds is 7. The van der Waals surface area contributed by atoms with E-state index in [1.165, 1.54) is 6.07 Å². The van der Waals surface area contributed by atoms with E-state index in [9.17, 15) is 23.3 Å². The van der Waals surface area contributed by atoms with Crippen molar-refractivity contribution >= 4 is 27.3 Å². The Hall–Kier alpha value is -1.39. The number of nitrogens with one attached hydrogen (secondary N) is 1. The number of hydrogen-bond donors (Lipinski definition) is 1. The van der Waals surface area contributed by atoms with Crippen LogP contribution in [0, 0.1) is 10.1 Å². The molecule has 0 bridgehead atoms. The Labute approximate surface area is 188 Å². The van der Waals surface area contributed by atoms with E-state index < -0.39 is 22.4 Å². The minimum absolute atomic E-state index is 0.0113. The van der Waals surface area contributed by atoms with Crippen LogP contribution in [0.2, 0.25) is 0 Å². The average molecular weight is 508 g/mol. The van der Waals surface area contributed by atoms with Crippen LogP contribution in [-0.2, 0) is 10.9 Å². The smallest absolute Gasteiger partial charge is 0.378 e. The summed E-state index contributed by atoms with van der Waals surface area (Å²) in [6.07, 6.45) is 2.72. The molecule has 3 rings (SSSR count). The van der Waals surface area contributed by atoms with Gasteiger partial charge in [-0.05, 0) is 51.0 Å². The van der Waals surface area contributed by atoms with Gasteiger partial charge >= 0.3 is 6.18 Å². The molecule has 31 heavy (non-hydrogen) atoms. The SMILES string of the molecule is CCCO[C@H]1CC[C@@H](N2CCC(Nc3cc(Br)c(C(F)(F)F)cc3[N+](=O)[O-])CC2)CC1. The molecule has 0 atom stereocenters. The highest BCUT2D eigenvalue weighted by Crippen LogP contribution is 2.41. The molecule has 1 aromatic rings. The van der Waals surface area contributed by atoms with Crippen molar-refractivity contribution in [3.05, 3.63) is 32.3 Å². The second kappa shape index (κ2) is 10.5. The van der Waals surface area contributed by atoms with Gasteiger partial charge in [0, 0.05) is 42.3 Å². The fourth-order valence-electron chi connectivity index (χ4n) is 4.54. The number of halogens is 4. The first kappa shape index (κ1) is 24.3. The molecule has 1 aliphatic carbocycles. The average Bonchev–Trinajstić information content (AvgIpc) is 2.72. The molecule has 0 spiro atoms. The highest BCUT2D eigenvalue weighted by Gasteiger charge is 2.36. The van der Waals surface area contributed by atoms with E-state index in [-0.39, 0.29) is 16.2 Å². The first-order valence-corrected chi connectivity index (χ1v) is 11.7. The van der Waals surface area contributed by atoms with Gasteiger partial charge in [-0.1, -0.05) is 22.9 Å². The van der Waals surface area contributed by atoms with Crippen LogP contribution in [0.5, 0.6) is 0 Å². The maximum Gasteiger partial charge on any atom is 0.417 e. The third kappa shape index (κ3) is 6.32. The lowest BCUT2D eigenvalue weighted by molar-refractivity contribution is -0.384. The van der Waals surface area contributed by atoms with E-state index in [0.717, 1.165) is 64.6 Å². The highest BCUT2D eigenvalue weighted by molar-refractivity contribution is 9.10. The van der Waals surface area contributed by atoms with Gasteiger partial charge in [-0.3, -0.25) is 10.1 Å². The van der Waals surface area contributed by atoms with Gasteiger partial charge in [0.2, 0.25) is 0 Å². The first-order valence-electron chi connectivity index (χ1n) is 10.9. The summed E-state index contributed by atoms with van der Waals surface area (Å²) in [7, 11) is 0. The lowest BCUT2D eigenvalue weighted by Crippen LogP contribution is -2.46. The fraction of sp³-hybridized carbons (Fsp3) is 0.714. The molecule has 1 aromatic carbocycles. The van der Waals surface area contributed by atoms with Crippen LogP contribution in [0.3, 0.4) is 0 Å². The summed E-state index contributed by atoms with van der Waals surface area (Å²) in [5, 5.41) is 14.5. The predicted molar refractivity (Wildman–Crippen MR) is 116 cm³/mol. The van der Waals surface area contributed by atoms with Crippen LogP contribution in [0.15, 0.2) is 16.6 Å². The monoisotopic (exact) mass is 507 g/mol. The van der Waals surface area contributed by atoms with Gasteiger partial charge in [0.05, 0.1) is 16.6 Å². The van der Waals surface area contributed by atoms with Crippen LogP contribution in [0.1, 0.15) is 57.4 Å². The number of nitro benzene ring substituents is 1. The zero-order chi connectivity index (χ0) is 22.6. The van der Waals surface area contributed by atoms with Gasteiger partial charge in [-0.15, -0.1) is 0 Å². The second-order valence-corrected chi connectivity index (χ2v) is 9.21. The normalized spacial score (nSPS) is 23.6. The summed E-state index contributed by atoms with van der Waals surface area (Å²) in [5.41, 5.74) is -1.47. The van der Waals surface area contributed by atoms with E-state index >= 15 is 0 Å². The van der Waals surface area contributed by atoms with Crippen molar-refractivity contribution in [2.24, 2.45) is 0 Å². The van der Waals surface area contributed by atoms with Crippen LogP contribution >= 0.6 is 15.9 Å². The number of hydrogen-bond acceptors (Lipinski definition) is 5. The van der Waals surface area contributed by atoms with Gasteiger partial charge in [-0.25, -0.2) is 0 Å². The van der Waals surface area contributed by atoms with E-state index in [1.54, 1.807) is 0 Å². The van der Waals surface area contributed by atoms with Crippen molar-refractivity contribution in [3.63, 3.8) is 0 Å². The quantitative estimate of drug-likeness (QED) is 0.362. The summed E-state index contributed by atoms with van der Waals surface area (Å²) in [5.74, 6) is 0. The molecule has 0 unspecified atom stereocenters. The molecular formula is C21H29BrF3N3O3. The Bertz CT molecular complexity index is 762. The predicted octanol–water partition coefficient (Wildman–Crippen LogP) is 5.99. The largest absolute Gasteiger partial charge is 0.417 e. The number of nitro groups is 1. The van der Waals surface area contributed by atoms with E-state index in [2.05, 4.69) is 33.1 Å². The molecule has 0 radical (unpaired) electrons. The van der Waals surface area contributed by atoms with Crippen LogP contribution in [-0.4, -0.2) is 47.7 Å². The summed E-state index contributed by atoms with van der Waals surface area (Å²) in [6, 6.07) is 2.30. The Kier molecular flexibility index (Phi) is 8.20. The van der Waals surface area contributed by atoms with Gasteiger partial charge in [0.25, 0.3) is 5.69 Å². The summed E-state index contributed by atoms with van der Waals surface area (Å²) in [4.78, 5) is 13.1. The van der Waals surface area contributed by atoms with Gasteiger partial charge in [0.15, 0.2) is 0 Å². The topological polar surface area (TPSA) is 67.6 Å². The number of benzene rings is 1. The van der Waals surface area contributed by atoms with Crippen LogP contribution in [0.25, 0.3) is 0 Å². The molecule has 1 heterocycles. The number of piperidine rings is 1. The van der Waals surface area contributed by atoms with Gasteiger partial charge < -0.3 is 15.0 Å². The minimum atomic E-state index is -4.66. The molecule has 10 heteroatoms. The second-order valence-electron chi connectivity index (χ2n) is 8.36. The number of nitrogens with zero attached hydrogens (tertiary/aromatic N) is 2. The number of ether oxygens (including phenoxy) is 1. The molecular weight excluding hydrogens is 479 g/mol. The Balaban J connectivity index is 1.56. The lowest BCUT2D eigenvalue weighted by atomic mass is 9.90. The molecule has 2 fully saturated rings. The Morgan fingerprint density at radius 1 is 1.19 bits per heavy atom. The van der Waals surface area contributed by atoms with E-state index in [1.807, 2.05) is 0 Å². The van der Waals surface area contributed by atoms with Gasteiger partial charge in [0.1, 0.15) is 5.69 Å². The number of alkyl halides is 3. The molecule has 2 aliphatic rings. The lowest BCUT2D eigenvalue weighted by Gasteiger charge is -2.41. The molecule has 6 nitrogen and oxygen atoms in total. The summed E-state index contributed by atoms with van der Waals surface area (Å²) < 4.78 is 45.0. The zero-order valence-corrected chi connectivity index (χ0v) is 19.2. The molecule has 0 amide bonds. The molecule has 1 saturated carbocycles. The van der Waals surface area contributed by atoms with E-state index in [0.29, 0.717) is 18.2 Å². The maximum atomic E-state index is 13.1. The molecule has 174 valence electrons. The molecule has 1 saturated heterocycles. The Morgan fingerprint density at radius 2 is 1.84 bits per heavy atom. The van der Waals surface area contributed by atoms with Crippen molar-refractivity contribution < 1.29 is 22.8 Å². The molecule has 1 N–H and O–H groups in total. The van der Waals surface area contributed by atoms with Crippen molar-refractivity contribution in [1.82, 2.24) is 4.90 Å². The maximum absolute atomic E-state index is 13.1. The van der Waals surface area contributed by atoms with Crippen LogP contribution in [0.4, 0.5) is 24.5 Å². The van der Waals surface area contributed by atoms with Crippen molar-refractivity contribution in [2.45, 2.75) is 76.2 Å². The summed E-state index contributed by atoms with van der Waals surface area (Å²) in [6.45, 7) is 4.68. The zero-order valence-electron chi connectivity index (χ0n) is 17.6. The third-order valence-corrected chi connectivity index (χ3v) is 6.85. The Morgan fingerprint density at radius 3 is 2.39 bits per heavy atom. The minimum Gasteiger partial charge on any atom is -0.378 e.